The Bertz CT molecular complexity index is 851. The Balaban J connectivity index is 1.95. The predicted octanol–water partition coefficient (Wildman–Crippen LogP) is 4.34. The van der Waals surface area contributed by atoms with Crippen LogP contribution in [-0.2, 0) is 16.0 Å². The number of amides is 1. The Labute approximate surface area is 176 Å². The third-order valence-corrected chi connectivity index (χ3v) is 4.63. The molecule has 1 amide bonds. The zero-order chi connectivity index (χ0) is 21.4. The third-order valence-electron chi connectivity index (χ3n) is 4.35. The summed E-state index contributed by atoms with van der Waals surface area (Å²) in [4.78, 5) is 24.5. The standard InChI is InChI=1S/C22H26ClNO5/c1-5-15-7-9-16(10-8-15)14(3)24-20(25)13-29-22(26)17-11-18(23)21(28-6-2)19(12-17)27-4/h7-12,14H,5-6,13H2,1-4H3,(H,24,25)/t14-/m1/s1. The van der Waals surface area contributed by atoms with Gasteiger partial charge in [-0.05, 0) is 43.5 Å². The average molecular weight is 420 g/mol. The molecule has 0 aromatic heterocycles. The second-order valence-corrected chi connectivity index (χ2v) is 6.79. The van der Waals surface area contributed by atoms with Crippen molar-refractivity contribution >= 4 is 23.5 Å². The molecular formula is C22H26ClNO5. The molecule has 2 aromatic rings. The highest BCUT2D eigenvalue weighted by molar-refractivity contribution is 6.32. The van der Waals surface area contributed by atoms with Crippen LogP contribution in [0.5, 0.6) is 11.5 Å². The Morgan fingerprint density at radius 2 is 1.83 bits per heavy atom. The van der Waals surface area contributed by atoms with E-state index in [9.17, 15) is 9.59 Å². The summed E-state index contributed by atoms with van der Waals surface area (Å²) in [5.41, 5.74) is 2.38. The molecule has 1 atom stereocenters. The van der Waals surface area contributed by atoms with Gasteiger partial charge in [-0.1, -0.05) is 42.8 Å². The number of hydrogen-bond donors (Lipinski definition) is 1. The van der Waals surface area contributed by atoms with Crippen LogP contribution in [0.3, 0.4) is 0 Å². The molecule has 0 aliphatic rings. The van der Waals surface area contributed by atoms with Gasteiger partial charge in [-0.25, -0.2) is 4.79 Å². The van der Waals surface area contributed by atoms with E-state index in [0.29, 0.717) is 18.1 Å². The van der Waals surface area contributed by atoms with Crippen molar-refractivity contribution in [2.45, 2.75) is 33.2 Å². The first-order valence-corrected chi connectivity index (χ1v) is 9.83. The van der Waals surface area contributed by atoms with E-state index in [1.807, 2.05) is 38.1 Å². The number of rotatable bonds is 9. The van der Waals surface area contributed by atoms with Crippen LogP contribution in [0.4, 0.5) is 0 Å². The highest BCUT2D eigenvalue weighted by Crippen LogP contribution is 2.36. The molecule has 0 spiro atoms. The summed E-state index contributed by atoms with van der Waals surface area (Å²) in [6.45, 7) is 5.78. The van der Waals surface area contributed by atoms with Gasteiger partial charge in [0.05, 0.1) is 30.3 Å². The van der Waals surface area contributed by atoms with Gasteiger partial charge in [0, 0.05) is 0 Å². The Morgan fingerprint density at radius 3 is 2.41 bits per heavy atom. The van der Waals surface area contributed by atoms with Crippen LogP contribution in [0.2, 0.25) is 5.02 Å². The lowest BCUT2D eigenvalue weighted by Gasteiger charge is -2.15. The van der Waals surface area contributed by atoms with Crippen molar-refractivity contribution < 1.29 is 23.8 Å². The largest absolute Gasteiger partial charge is 0.493 e. The van der Waals surface area contributed by atoms with Crippen molar-refractivity contribution in [2.75, 3.05) is 20.3 Å². The van der Waals surface area contributed by atoms with Gasteiger partial charge in [-0.15, -0.1) is 0 Å². The van der Waals surface area contributed by atoms with E-state index in [0.717, 1.165) is 12.0 Å². The van der Waals surface area contributed by atoms with Crippen LogP contribution < -0.4 is 14.8 Å². The molecule has 0 unspecified atom stereocenters. The smallest absolute Gasteiger partial charge is 0.338 e. The Kier molecular flexibility index (Phi) is 8.34. The molecule has 0 saturated heterocycles. The number of benzene rings is 2. The highest BCUT2D eigenvalue weighted by atomic mass is 35.5. The SMILES string of the molecule is CCOc1c(Cl)cc(C(=O)OCC(=O)N[C@H](C)c2ccc(CC)cc2)cc1OC. The summed E-state index contributed by atoms with van der Waals surface area (Å²) in [6, 6.07) is 10.7. The maximum atomic E-state index is 12.3. The number of aryl methyl sites for hydroxylation is 1. The van der Waals surface area contributed by atoms with E-state index in [1.54, 1.807) is 0 Å². The highest BCUT2D eigenvalue weighted by Gasteiger charge is 2.18. The number of nitrogens with one attached hydrogen (secondary N) is 1. The van der Waals surface area contributed by atoms with E-state index in [-0.39, 0.29) is 16.6 Å². The molecule has 0 fully saturated rings. The number of esters is 1. The lowest BCUT2D eigenvalue weighted by Crippen LogP contribution is -2.31. The molecule has 29 heavy (non-hydrogen) atoms. The number of carbonyl (C=O) groups excluding carboxylic acids is 2. The van der Waals surface area contributed by atoms with Crippen molar-refractivity contribution in [1.29, 1.82) is 0 Å². The number of hydrogen-bond acceptors (Lipinski definition) is 5. The molecule has 0 aliphatic carbocycles. The zero-order valence-electron chi connectivity index (χ0n) is 17.1. The Hall–Kier alpha value is -2.73. The fraction of sp³-hybridized carbons (Fsp3) is 0.364. The number of carbonyl (C=O) groups is 2. The quantitative estimate of drug-likeness (QED) is 0.612. The number of ether oxygens (including phenoxy) is 3. The van der Waals surface area contributed by atoms with Gasteiger partial charge in [0.1, 0.15) is 0 Å². The van der Waals surface area contributed by atoms with Gasteiger partial charge in [0.2, 0.25) is 0 Å². The molecule has 1 N–H and O–H groups in total. The molecule has 6 nitrogen and oxygen atoms in total. The average Bonchev–Trinajstić information content (AvgIpc) is 2.73. The van der Waals surface area contributed by atoms with Gasteiger partial charge in [0.25, 0.3) is 5.91 Å². The van der Waals surface area contributed by atoms with Crippen LogP contribution in [0.15, 0.2) is 36.4 Å². The number of methoxy groups -OCH3 is 1. The van der Waals surface area contributed by atoms with Crippen molar-refractivity contribution in [3.8, 4) is 11.5 Å². The minimum absolute atomic E-state index is 0.173. The second kappa shape index (κ2) is 10.7. The lowest BCUT2D eigenvalue weighted by molar-refractivity contribution is -0.124. The van der Waals surface area contributed by atoms with E-state index in [1.165, 1.54) is 24.8 Å². The van der Waals surface area contributed by atoms with E-state index >= 15 is 0 Å². The monoisotopic (exact) mass is 419 g/mol. The van der Waals surface area contributed by atoms with E-state index in [2.05, 4.69) is 12.2 Å². The third kappa shape index (κ3) is 6.12. The first-order chi connectivity index (χ1) is 13.9. The van der Waals surface area contributed by atoms with E-state index in [4.69, 9.17) is 25.8 Å². The van der Waals surface area contributed by atoms with Gasteiger partial charge < -0.3 is 19.5 Å². The van der Waals surface area contributed by atoms with Gasteiger partial charge in [-0.2, -0.15) is 0 Å². The van der Waals surface area contributed by atoms with E-state index < -0.39 is 18.5 Å². The summed E-state index contributed by atoms with van der Waals surface area (Å²) in [7, 11) is 1.45. The van der Waals surface area contributed by atoms with Crippen LogP contribution in [-0.4, -0.2) is 32.2 Å². The maximum absolute atomic E-state index is 12.3. The number of halogens is 1. The second-order valence-electron chi connectivity index (χ2n) is 6.38. The Morgan fingerprint density at radius 1 is 1.14 bits per heavy atom. The molecular weight excluding hydrogens is 394 g/mol. The topological polar surface area (TPSA) is 73.9 Å². The van der Waals surface area contributed by atoms with Crippen LogP contribution in [0.25, 0.3) is 0 Å². The molecule has 0 aliphatic heterocycles. The normalized spacial score (nSPS) is 11.5. The molecule has 156 valence electrons. The summed E-state index contributed by atoms with van der Waals surface area (Å²) in [5, 5.41) is 3.04. The van der Waals surface area contributed by atoms with Crippen molar-refractivity contribution in [3.05, 3.63) is 58.1 Å². The fourth-order valence-electron chi connectivity index (χ4n) is 2.75. The molecule has 2 rings (SSSR count). The summed E-state index contributed by atoms with van der Waals surface area (Å²) in [6.07, 6.45) is 0.956. The van der Waals surface area contributed by atoms with Crippen LogP contribution in [0, 0.1) is 0 Å². The summed E-state index contributed by atoms with van der Waals surface area (Å²) >= 11 is 6.17. The molecule has 7 heteroatoms. The van der Waals surface area contributed by atoms with Crippen LogP contribution >= 0.6 is 11.6 Å². The van der Waals surface area contributed by atoms with Crippen molar-refractivity contribution in [3.63, 3.8) is 0 Å². The molecule has 0 saturated carbocycles. The van der Waals surface area contributed by atoms with Crippen molar-refractivity contribution in [2.24, 2.45) is 0 Å². The molecule has 0 bridgehead atoms. The van der Waals surface area contributed by atoms with Crippen LogP contribution in [0.1, 0.15) is 48.3 Å². The predicted molar refractivity (Wildman–Crippen MR) is 112 cm³/mol. The minimum atomic E-state index is -0.677. The van der Waals surface area contributed by atoms with Crippen molar-refractivity contribution in [1.82, 2.24) is 5.32 Å². The fourth-order valence-corrected chi connectivity index (χ4v) is 3.01. The molecule has 0 radical (unpaired) electrons. The first-order valence-electron chi connectivity index (χ1n) is 9.45. The minimum Gasteiger partial charge on any atom is -0.493 e. The van der Waals surface area contributed by atoms with Gasteiger partial charge >= 0.3 is 5.97 Å². The lowest BCUT2D eigenvalue weighted by atomic mass is 10.1. The molecule has 2 aromatic carbocycles. The summed E-state index contributed by atoms with van der Waals surface area (Å²) < 4.78 is 15.7. The van der Waals surface area contributed by atoms with Gasteiger partial charge in [0.15, 0.2) is 18.1 Å². The first kappa shape index (κ1) is 22.6. The molecule has 0 heterocycles. The summed E-state index contributed by atoms with van der Waals surface area (Å²) in [5.74, 6) is -0.397. The maximum Gasteiger partial charge on any atom is 0.338 e. The zero-order valence-corrected chi connectivity index (χ0v) is 17.8. The van der Waals surface area contributed by atoms with Gasteiger partial charge in [-0.3, -0.25) is 4.79 Å².